The van der Waals surface area contributed by atoms with Crippen molar-refractivity contribution in [3.8, 4) is 0 Å². The lowest BCUT2D eigenvalue weighted by Crippen LogP contribution is -2.52. The molecule has 2 N–H and O–H groups in total. The monoisotopic (exact) mass is 700 g/mol. The topological polar surface area (TPSA) is 170 Å². The van der Waals surface area contributed by atoms with Crippen molar-refractivity contribution in [1.82, 2.24) is 19.4 Å². The molecule has 1 aliphatic heterocycles. The van der Waals surface area contributed by atoms with E-state index in [1.54, 1.807) is 54.6 Å². The number of methoxy groups -OCH3 is 1. The highest BCUT2D eigenvalue weighted by Gasteiger charge is 2.43. The lowest BCUT2D eigenvalue weighted by Gasteiger charge is -2.35. The highest BCUT2D eigenvalue weighted by atomic mass is 16.6. The predicted octanol–water partition coefficient (Wildman–Crippen LogP) is 2.10. The van der Waals surface area contributed by atoms with Crippen LogP contribution in [0, 0.1) is 0 Å². The van der Waals surface area contributed by atoms with Crippen LogP contribution in [0.2, 0.25) is 0 Å². The van der Waals surface area contributed by atoms with Crippen molar-refractivity contribution < 1.29 is 38.4 Å². The summed E-state index contributed by atoms with van der Waals surface area (Å²) in [6, 6.07) is 23.8. The Morgan fingerprint density at radius 1 is 0.745 bits per heavy atom. The number of ether oxygens (including phenoxy) is 4. The highest BCUT2D eigenvalue weighted by molar-refractivity contribution is 5.90. The van der Waals surface area contributed by atoms with E-state index >= 15 is 0 Å². The molecule has 0 aliphatic carbocycles. The summed E-state index contributed by atoms with van der Waals surface area (Å²) >= 11 is 0. The summed E-state index contributed by atoms with van der Waals surface area (Å²) < 4.78 is 23.9. The molecule has 268 valence electrons. The minimum atomic E-state index is -1.81. The van der Waals surface area contributed by atoms with Gasteiger partial charge in [0.2, 0.25) is 0 Å². The Kier molecular flexibility index (Phi) is 12.6. The number of aliphatic hydroxyl groups excluding tert-OH is 1. The van der Waals surface area contributed by atoms with Crippen LogP contribution in [0.1, 0.15) is 42.9 Å². The zero-order chi connectivity index (χ0) is 36.3. The standard InChI is InChI=1S/C37H40N4O10/c1-39-18-20-40(21-19-39)22-28-23-41(37(47)38-32(28)43)33(48-2)31(51-36(46)27-16-10-5-11-17-27)30(50-35(45)26-14-8-4-9-15-26)29(42)24-49-34(44)25-12-6-3-7-13-25/h3-17,23,29-31,33,42H,18-22,24H2,1-2H3,(H,38,43,47)/t29-,30-,31+,33?/m1/s1. The van der Waals surface area contributed by atoms with E-state index in [1.807, 2.05) is 7.05 Å². The minimum absolute atomic E-state index is 0.105. The number of benzene rings is 3. The van der Waals surface area contributed by atoms with Crippen LogP contribution in [0.25, 0.3) is 0 Å². The van der Waals surface area contributed by atoms with Gasteiger partial charge in [-0.15, -0.1) is 0 Å². The molecule has 1 fully saturated rings. The molecular weight excluding hydrogens is 660 g/mol. The van der Waals surface area contributed by atoms with Gasteiger partial charge >= 0.3 is 23.6 Å². The fourth-order valence-corrected chi connectivity index (χ4v) is 5.58. The third-order valence-electron chi connectivity index (χ3n) is 8.43. The van der Waals surface area contributed by atoms with E-state index < -0.39 is 60.3 Å². The number of nitrogens with zero attached hydrogens (tertiary/aromatic N) is 3. The molecular formula is C37H40N4O10. The molecule has 4 atom stereocenters. The molecule has 5 rings (SSSR count). The van der Waals surface area contributed by atoms with Crippen LogP contribution in [0.5, 0.6) is 0 Å². The van der Waals surface area contributed by atoms with E-state index in [4.69, 9.17) is 18.9 Å². The average molecular weight is 701 g/mol. The first kappa shape index (κ1) is 36.9. The van der Waals surface area contributed by atoms with Crippen LogP contribution < -0.4 is 11.2 Å². The largest absolute Gasteiger partial charge is 0.459 e. The van der Waals surface area contributed by atoms with E-state index in [-0.39, 0.29) is 28.8 Å². The van der Waals surface area contributed by atoms with Crippen molar-refractivity contribution in [2.24, 2.45) is 0 Å². The molecule has 3 aromatic carbocycles. The third kappa shape index (κ3) is 9.64. The van der Waals surface area contributed by atoms with E-state index in [9.17, 15) is 29.1 Å². The second-order valence-electron chi connectivity index (χ2n) is 12.0. The molecule has 1 aromatic heterocycles. The Morgan fingerprint density at radius 2 is 1.24 bits per heavy atom. The summed E-state index contributed by atoms with van der Waals surface area (Å²) in [5.41, 5.74) is -0.869. The molecule has 0 amide bonds. The number of piperazine rings is 1. The van der Waals surface area contributed by atoms with Gasteiger partial charge < -0.3 is 29.0 Å². The summed E-state index contributed by atoms with van der Waals surface area (Å²) in [5, 5.41) is 11.6. The number of aliphatic hydroxyl groups is 1. The summed E-state index contributed by atoms with van der Waals surface area (Å²) in [6.45, 7) is 2.45. The van der Waals surface area contributed by atoms with Crippen LogP contribution >= 0.6 is 0 Å². The van der Waals surface area contributed by atoms with Crippen molar-refractivity contribution in [2.45, 2.75) is 31.1 Å². The number of aromatic nitrogens is 2. The summed E-state index contributed by atoms with van der Waals surface area (Å²) in [6.07, 6.45) is -5.59. The van der Waals surface area contributed by atoms with Crippen molar-refractivity contribution in [2.75, 3.05) is 46.9 Å². The normalized spacial score (nSPS) is 16.0. The Balaban J connectivity index is 1.54. The fourth-order valence-electron chi connectivity index (χ4n) is 5.58. The smallest absolute Gasteiger partial charge is 0.338 e. The lowest BCUT2D eigenvalue weighted by atomic mass is 10.0. The summed E-state index contributed by atoms with van der Waals surface area (Å²) in [7, 11) is 3.23. The molecule has 1 saturated heterocycles. The zero-order valence-corrected chi connectivity index (χ0v) is 28.3. The Hall–Kier alpha value is -5.41. The number of hydrogen-bond acceptors (Lipinski definition) is 12. The van der Waals surface area contributed by atoms with Gasteiger partial charge in [-0.2, -0.15) is 0 Å². The van der Waals surface area contributed by atoms with Crippen LogP contribution in [0.3, 0.4) is 0 Å². The molecule has 1 unspecified atom stereocenters. The van der Waals surface area contributed by atoms with Gasteiger partial charge in [-0.25, -0.2) is 19.2 Å². The SMILES string of the molecule is COC([C@@H](OC(=O)c1ccccc1)[C@H](OC(=O)c1ccccc1)[C@H](O)COC(=O)c1ccccc1)n1cc(CN2CCN(C)CC2)c(=O)[nH]c1=O. The van der Waals surface area contributed by atoms with Crippen LogP contribution in [-0.2, 0) is 25.5 Å². The maximum absolute atomic E-state index is 13.6. The van der Waals surface area contributed by atoms with Gasteiger partial charge in [0, 0.05) is 51.6 Å². The molecule has 1 aliphatic rings. The van der Waals surface area contributed by atoms with Gasteiger partial charge in [0.15, 0.2) is 18.4 Å². The molecule has 2 heterocycles. The van der Waals surface area contributed by atoms with Crippen molar-refractivity contribution in [1.29, 1.82) is 0 Å². The predicted molar refractivity (Wildman–Crippen MR) is 184 cm³/mol. The molecule has 0 saturated carbocycles. The van der Waals surface area contributed by atoms with Gasteiger partial charge in [-0.3, -0.25) is 19.2 Å². The number of H-pyrrole nitrogens is 1. The second-order valence-corrected chi connectivity index (χ2v) is 12.0. The number of carbonyl (C=O) groups is 3. The average Bonchev–Trinajstić information content (AvgIpc) is 3.16. The number of hydrogen-bond donors (Lipinski definition) is 2. The molecule has 51 heavy (non-hydrogen) atoms. The van der Waals surface area contributed by atoms with Gasteiger partial charge in [-0.05, 0) is 43.4 Å². The number of rotatable bonds is 14. The van der Waals surface area contributed by atoms with Gasteiger partial charge in [0.05, 0.1) is 16.7 Å². The van der Waals surface area contributed by atoms with Crippen molar-refractivity contribution >= 4 is 17.9 Å². The maximum Gasteiger partial charge on any atom is 0.338 e. The first-order valence-electron chi connectivity index (χ1n) is 16.3. The Morgan fingerprint density at radius 3 is 1.75 bits per heavy atom. The van der Waals surface area contributed by atoms with Gasteiger partial charge in [0.1, 0.15) is 12.7 Å². The van der Waals surface area contributed by atoms with Crippen molar-refractivity contribution in [3.05, 3.63) is 140 Å². The van der Waals surface area contributed by atoms with Gasteiger partial charge in [-0.1, -0.05) is 54.6 Å². The fraction of sp³-hybridized carbons (Fsp3) is 0.324. The van der Waals surface area contributed by atoms with Gasteiger partial charge in [0.25, 0.3) is 5.56 Å². The Bertz CT molecular complexity index is 1880. The molecule has 14 nitrogen and oxygen atoms in total. The van der Waals surface area contributed by atoms with Crippen LogP contribution in [-0.4, -0.2) is 108 Å². The number of aromatic amines is 1. The summed E-state index contributed by atoms with van der Waals surface area (Å²) in [5.74, 6) is -2.57. The van der Waals surface area contributed by atoms with E-state index in [0.717, 1.165) is 17.7 Å². The number of carbonyl (C=O) groups excluding carboxylic acids is 3. The first-order chi connectivity index (χ1) is 24.6. The number of likely N-dealkylation sites (N-methyl/N-ethyl adjacent to an activating group) is 1. The van der Waals surface area contributed by atoms with E-state index in [2.05, 4.69) is 14.8 Å². The maximum atomic E-state index is 13.6. The van der Waals surface area contributed by atoms with Crippen LogP contribution in [0.15, 0.2) is 107 Å². The van der Waals surface area contributed by atoms with E-state index in [1.165, 1.54) is 49.7 Å². The third-order valence-corrected chi connectivity index (χ3v) is 8.43. The van der Waals surface area contributed by atoms with E-state index in [0.29, 0.717) is 13.1 Å². The zero-order valence-electron chi connectivity index (χ0n) is 28.3. The highest BCUT2D eigenvalue weighted by Crippen LogP contribution is 2.26. The first-order valence-corrected chi connectivity index (χ1v) is 16.3. The second kappa shape index (κ2) is 17.5. The van der Waals surface area contributed by atoms with Crippen molar-refractivity contribution in [3.63, 3.8) is 0 Å². The lowest BCUT2D eigenvalue weighted by molar-refractivity contribution is -0.153. The Labute approximate surface area is 293 Å². The quantitative estimate of drug-likeness (QED) is 0.145. The number of esters is 3. The minimum Gasteiger partial charge on any atom is -0.459 e. The molecule has 0 bridgehead atoms. The molecule has 0 spiro atoms. The van der Waals surface area contributed by atoms with Crippen LogP contribution in [0.4, 0.5) is 0 Å². The molecule has 14 heteroatoms. The molecule has 4 aromatic rings. The molecule has 0 radical (unpaired) electrons. The number of nitrogens with one attached hydrogen (secondary N) is 1. The summed E-state index contributed by atoms with van der Waals surface area (Å²) in [4.78, 5) is 72.8.